The van der Waals surface area contributed by atoms with E-state index >= 15 is 0 Å². The fourth-order valence-corrected chi connectivity index (χ4v) is 4.04. The first-order chi connectivity index (χ1) is 9.63. The standard InChI is InChI=1S/C17H18BrIO/c1-11-2-6-14(7-3-11)20-16-9-4-12-10-13(18)5-8-15(12)17(16)19/h4-5,8-11,14H,2-3,6-7H2,1H3. The van der Waals surface area contributed by atoms with E-state index in [0.29, 0.717) is 6.10 Å². The Balaban J connectivity index is 1.85. The van der Waals surface area contributed by atoms with Crippen LogP contribution in [-0.2, 0) is 0 Å². The molecular formula is C17H18BrIO. The third-order valence-corrected chi connectivity index (χ3v) is 5.74. The molecule has 0 N–H and O–H groups in total. The van der Waals surface area contributed by atoms with Crippen LogP contribution in [0.5, 0.6) is 5.75 Å². The summed E-state index contributed by atoms with van der Waals surface area (Å²) in [7, 11) is 0. The van der Waals surface area contributed by atoms with E-state index in [1.807, 2.05) is 0 Å². The molecule has 106 valence electrons. The highest BCUT2D eigenvalue weighted by Gasteiger charge is 2.20. The summed E-state index contributed by atoms with van der Waals surface area (Å²) in [4.78, 5) is 0. The van der Waals surface area contributed by atoms with Gasteiger partial charge in [-0.05, 0) is 83.2 Å². The zero-order valence-corrected chi connectivity index (χ0v) is 15.3. The number of hydrogen-bond acceptors (Lipinski definition) is 1. The molecule has 1 aliphatic rings. The van der Waals surface area contributed by atoms with Gasteiger partial charge in [0.15, 0.2) is 0 Å². The van der Waals surface area contributed by atoms with Crippen molar-refractivity contribution in [2.24, 2.45) is 5.92 Å². The topological polar surface area (TPSA) is 9.23 Å². The molecule has 0 unspecified atom stereocenters. The minimum atomic E-state index is 0.396. The van der Waals surface area contributed by atoms with Gasteiger partial charge in [-0.15, -0.1) is 0 Å². The molecule has 3 heteroatoms. The molecule has 20 heavy (non-hydrogen) atoms. The summed E-state index contributed by atoms with van der Waals surface area (Å²) in [6.45, 7) is 2.34. The van der Waals surface area contributed by atoms with Crippen molar-refractivity contribution >= 4 is 49.3 Å². The maximum atomic E-state index is 6.25. The molecule has 0 radical (unpaired) electrons. The first-order valence-electron chi connectivity index (χ1n) is 7.18. The second-order valence-electron chi connectivity index (χ2n) is 5.74. The van der Waals surface area contributed by atoms with Gasteiger partial charge in [0.1, 0.15) is 5.75 Å². The monoisotopic (exact) mass is 444 g/mol. The second kappa shape index (κ2) is 6.22. The molecule has 1 fully saturated rings. The summed E-state index contributed by atoms with van der Waals surface area (Å²) in [5.74, 6) is 1.91. The summed E-state index contributed by atoms with van der Waals surface area (Å²) < 4.78 is 8.60. The number of benzene rings is 2. The first kappa shape index (κ1) is 14.6. The van der Waals surface area contributed by atoms with Gasteiger partial charge in [-0.3, -0.25) is 0 Å². The van der Waals surface area contributed by atoms with Crippen molar-refractivity contribution in [1.82, 2.24) is 0 Å². The summed E-state index contributed by atoms with van der Waals surface area (Å²) in [6.07, 6.45) is 5.36. The molecule has 2 aromatic carbocycles. The van der Waals surface area contributed by atoms with Crippen LogP contribution in [0.1, 0.15) is 32.6 Å². The largest absolute Gasteiger partial charge is 0.489 e. The number of halogens is 2. The van der Waals surface area contributed by atoms with E-state index < -0.39 is 0 Å². The molecule has 1 saturated carbocycles. The molecule has 0 amide bonds. The van der Waals surface area contributed by atoms with Crippen LogP contribution in [0.3, 0.4) is 0 Å². The van der Waals surface area contributed by atoms with Gasteiger partial charge in [0, 0.05) is 4.47 Å². The molecule has 0 spiro atoms. The maximum absolute atomic E-state index is 6.25. The number of rotatable bonds is 2. The van der Waals surface area contributed by atoms with Gasteiger partial charge < -0.3 is 4.74 Å². The van der Waals surface area contributed by atoms with E-state index in [4.69, 9.17) is 4.74 Å². The molecule has 1 nitrogen and oxygen atoms in total. The fourth-order valence-electron chi connectivity index (χ4n) is 2.86. The third kappa shape index (κ3) is 3.14. The van der Waals surface area contributed by atoms with Gasteiger partial charge in [0.05, 0.1) is 9.67 Å². The smallest absolute Gasteiger partial charge is 0.133 e. The lowest BCUT2D eigenvalue weighted by molar-refractivity contribution is 0.135. The van der Waals surface area contributed by atoms with E-state index in [0.717, 1.165) is 16.1 Å². The van der Waals surface area contributed by atoms with Crippen LogP contribution in [0.4, 0.5) is 0 Å². The summed E-state index contributed by atoms with van der Waals surface area (Å²) >= 11 is 5.94. The van der Waals surface area contributed by atoms with Crippen LogP contribution in [0, 0.1) is 9.49 Å². The molecule has 0 saturated heterocycles. The zero-order valence-electron chi connectivity index (χ0n) is 11.5. The van der Waals surface area contributed by atoms with Gasteiger partial charge in [-0.2, -0.15) is 0 Å². The van der Waals surface area contributed by atoms with E-state index in [1.165, 1.54) is 40.0 Å². The molecule has 3 rings (SSSR count). The Labute approximate surface area is 142 Å². The van der Waals surface area contributed by atoms with Gasteiger partial charge >= 0.3 is 0 Å². The lowest BCUT2D eigenvalue weighted by atomic mass is 9.89. The Kier molecular flexibility index (Phi) is 4.55. The summed E-state index contributed by atoms with van der Waals surface area (Å²) in [5.41, 5.74) is 0. The molecule has 0 heterocycles. The SMILES string of the molecule is CC1CCC(Oc2ccc3cc(Br)ccc3c2I)CC1. The van der Waals surface area contributed by atoms with Crippen molar-refractivity contribution in [2.45, 2.75) is 38.7 Å². The van der Waals surface area contributed by atoms with Gasteiger partial charge in [0.2, 0.25) is 0 Å². The lowest BCUT2D eigenvalue weighted by Crippen LogP contribution is -2.23. The Hall–Kier alpha value is -0.290. The Morgan fingerprint density at radius 1 is 1.10 bits per heavy atom. The highest BCUT2D eigenvalue weighted by atomic mass is 127. The van der Waals surface area contributed by atoms with Crippen molar-refractivity contribution in [2.75, 3.05) is 0 Å². The molecular weight excluding hydrogens is 427 g/mol. The second-order valence-corrected chi connectivity index (χ2v) is 7.74. The van der Waals surface area contributed by atoms with E-state index in [-0.39, 0.29) is 0 Å². The summed E-state index contributed by atoms with van der Waals surface area (Å²) in [5, 5.41) is 2.53. The predicted octanol–water partition coefficient (Wildman–Crippen LogP) is 6.16. The van der Waals surface area contributed by atoms with Gasteiger partial charge in [-0.1, -0.05) is 35.0 Å². The Morgan fingerprint density at radius 2 is 1.85 bits per heavy atom. The highest BCUT2D eigenvalue weighted by molar-refractivity contribution is 14.1. The molecule has 2 aromatic rings. The van der Waals surface area contributed by atoms with Crippen molar-refractivity contribution in [1.29, 1.82) is 0 Å². The molecule has 0 bridgehead atoms. The van der Waals surface area contributed by atoms with Crippen LogP contribution in [0.15, 0.2) is 34.8 Å². The van der Waals surface area contributed by atoms with E-state index in [1.54, 1.807) is 0 Å². The summed E-state index contributed by atoms with van der Waals surface area (Å²) in [6, 6.07) is 10.7. The van der Waals surface area contributed by atoms with Crippen LogP contribution in [0.2, 0.25) is 0 Å². The molecule has 0 atom stereocenters. The Morgan fingerprint density at radius 3 is 2.60 bits per heavy atom. The third-order valence-electron chi connectivity index (χ3n) is 4.14. The van der Waals surface area contributed by atoms with Crippen molar-refractivity contribution in [3.05, 3.63) is 38.4 Å². The van der Waals surface area contributed by atoms with Gasteiger partial charge in [0.25, 0.3) is 0 Å². The molecule has 1 aliphatic carbocycles. The Bertz CT molecular complexity index is 618. The average Bonchev–Trinajstić information content (AvgIpc) is 2.44. The normalized spacial score (nSPS) is 22.9. The number of ether oxygens (including phenoxy) is 1. The average molecular weight is 445 g/mol. The fraction of sp³-hybridized carbons (Fsp3) is 0.412. The number of hydrogen-bond donors (Lipinski definition) is 0. The maximum Gasteiger partial charge on any atom is 0.133 e. The molecule has 0 aliphatic heterocycles. The molecule has 0 aromatic heterocycles. The van der Waals surface area contributed by atoms with Gasteiger partial charge in [-0.25, -0.2) is 0 Å². The first-order valence-corrected chi connectivity index (χ1v) is 9.05. The minimum Gasteiger partial charge on any atom is -0.489 e. The van der Waals surface area contributed by atoms with E-state index in [9.17, 15) is 0 Å². The predicted molar refractivity (Wildman–Crippen MR) is 96.4 cm³/mol. The minimum absolute atomic E-state index is 0.396. The van der Waals surface area contributed by atoms with Crippen LogP contribution >= 0.6 is 38.5 Å². The van der Waals surface area contributed by atoms with E-state index in [2.05, 4.69) is 75.8 Å². The van der Waals surface area contributed by atoms with Crippen molar-refractivity contribution in [3.8, 4) is 5.75 Å². The van der Waals surface area contributed by atoms with Crippen LogP contribution < -0.4 is 4.74 Å². The lowest BCUT2D eigenvalue weighted by Gasteiger charge is -2.27. The van der Waals surface area contributed by atoms with Crippen molar-refractivity contribution < 1.29 is 4.74 Å². The number of fused-ring (bicyclic) bond motifs is 1. The van der Waals surface area contributed by atoms with Crippen LogP contribution in [0.25, 0.3) is 10.8 Å². The highest BCUT2D eigenvalue weighted by Crippen LogP contribution is 2.34. The van der Waals surface area contributed by atoms with Crippen molar-refractivity contribution in [3.63, 3.8) is 0 Å². The quantitative estimate of drug-likeness (QED) is 0.503. The van der Waals surface area contributed by atoms with Crippen LogP contribution in [-0.4, -0.2) is 6.10 Å². The zero-order chi connectivity index (χ0) is 14.1.